The van der Waals surface area contributed by atoms with Crippen LogP contribution in [0.5, 0.6) is 11.6 Å². The molecular formula is C19H17N3O2. The number of rotatable bonds is 4. The normalized spacial score (nSPS) is 10.2. The Hall–Kier alpha value is -3.21. The summed E-state index contributed by atoms with van der Waals surface area (Å²) in [7, 11) is 0. The van der Waals surface area contributed by atoms with Crippen LogP contribution in [-0.4, -0.2) is 16.1 Å². The van der Waals surface area contributed by atoms with E-state index in [1.54, 1.807) is 42.5 Å². The molecule has 0 bridgehead atoms. The fraction of sp³-hybridized carbons (Fsp3) is 0.105. The Labute approximate surface area is 140 Å². The van der Waals surface area contributed by atoms with Gasteiger partial charge in [-0.2, -0.15) is 5.10 Å². The van der Waals surface area contributed by atoms with Crippen LogP contribution in [0.1, 0.15) is 21.6 Å². The fourth-order valence-electron chi connectivity index (χ4n) is 2.08. The van der Waals surface area contributed by atoms with Gasteiger partial charge >= 0.3 is 0 Å². The first-order valence-corrected chi connectivity index (χ1v) is 7.56. The number of carbonyl (C=O) groups is 1. The first kappa shape index (κ1) is 15.7. The highest BCUT2D eigenvalue weighted by atomic mass is 16.5. The summed E-state index contributed by atoms with van der Waals surface area (Å²) < 4.78 is 5.60. The molecule has 0 atom stereocenters. The van der Waals surface area contributed by atoms with Crippen molar-refractivity contribution in [2.75, 3.05) is 5.32 Å². The minimum absolute atomic E-state index is 0.145. The van der Waals surface area contributed by atoms with Crippen LogP contribution < -0.4 is 10.1 Å². The Kier molecular flexibility index (Phi) is 4.52. The van der Waals surface area contributed by atoms with Crippen molar-refractivity contribution in [1.82, 2.24) is 10.2 Å². The van der Waals surface area contributed by atoms with Crippen molar-refractivity contribution < 1.29 is 9.53 Å². The summed E-state index contributed by atoms with van der Waals surface area (Å²) in [5.41, 5.74) is 3.27. The van der Waals surface area contributed by atoms with E-state index in [4.69, 9.17) is 4.74 Å². The molecule has 0 saturated heterocycles. The van der Waals surface area contributed by atoms with Gasteiger partial charge in [0.1, 0.15) is 5.75 Å². The average molecular weight is 319 g/mol. The van der Waals surface area contributed by atoms with E-state index in [1.165, 1.54) is 0 Å². The number of aryl methyl sites for hydroxylation is 2. The van der Waals surface area contributed by atoms with Crippen LogP contribution in [0, 0.1) is 13.8 Å². The summed E-state index contributed by atoms with van der Waals surface area (Å²) in [5, 5.41) is 10.7. The van der Waals surface area contributed by atoms with Crippen LogP contribution in [0.4, 0.5) is 5.69 Å². The number of benzene rings is 2. The lowest BCUT2D eigenvalue weighted by Crippen LogP contribution is -2.11. The topological polar surface area (TPSA) is 64.1 Å². The number of nitrogens with one attached hydrogen (secondary N) is 1. The van der Waals surface area contributed by atoms with Gasteiger partial charge in [0.2, 0.25) is 5.88 Å². The number of nitrogens with zero attached hydrogens (tertiary/aromatic N) is 2. The molecule has 1 amide bonds. The zero-order chi connectivity index (χ0) is 16.9. The number of hydrogen-bond acceptors (Lipinski definition) is 4. The van der Waals surface area contributed by atoms with Crippen molar-refractivity contribution >= 4 is 11.6 Å². The molecule has 5 heteroatoms. The number of ether oxygens (including phenoxy) is 1. The summed E-state index contributed by atoms with van der Waals surface area (Å²) in [6.45, 7) is 3.85. The second-order valence-electron chi connectivity index (χ2n) is 5.46. The molecule has 3 aromatic rings. The van der Waals surface area contributed by atoms with Crippen LogP contribution in [0.15, 0.2) is 60.7 Å². The second-order valence-corrected chi connectivity index (χ2v) is 5.46. The molecule has 0 unspecified atom stereocenters. The highest BCUT2D eigenvalue weighted by Crippen LogP contribution is 2.21. The van der Waals surface area contributed by atoms with Gasteiger partial charge in [0.05, 0.1) is 5.69 Å². The molecule has 0 aliphatic rings. The number of amides is 1. The third-order valence-corrected chi connectivity index (χ3v) is 3.42. The van der Waals surface area contributed by atoms with Crippen molar-refractivity contribution in [1.29, 1.82) is 0 Å². The maximum Gasteiger partial charge on any atom is 0.255 e. The summed E-state index contributed by atoms with van der Waals surface area (Å²) in [6, 6.07) is 18.1. The maximum atomic E-state index is 12.2. The third-order valence-electron chi connectivity index (χ3n) is 3.42. The number of aromatic nitrogens is 2. The molecule has 1 N–H and O–H groups in total. The summed E-state index contributed by atoms with van der Waals surface area (Å²) >= 11 is 0. The van der Waals surface area contributed by atoms with Gasteiger partial charge in [0.15, 0.2) is 0 Å². The molecule has 1 heterocycles. The van der Waals surface area contributed by atoms with E-state index in [1.807, 2.05) is 32.0 Å². The minimum atomic E-state index is -0.145. The predicted molar refractivity (Wildman–Crippen MR) is 92.4 cm³/mol. The molecule has 0 aliphatic heterocycles. The smallest absolute Gasteiger partial charge is 0.255 e. The Bertz CT molecular complexity index is 826. The predicted octanol–water partition coefficient (Wildman–Crippen LogP) is 4.14. The molecule has 0 saturated carbocycles. The first-order valence-electron chi connectivity index (χ1n) is 7.56. The SMILES string of the molecule is Cc1ccc(C(=O)Nc2ccc(Oc3ccc(C)nn3)cc2)cc1. The molecule has 3 rings (SSSR count). The molecule has 24 heavy (non-hydrogen) atoms. The van der Waals surface area contributed by atoms with E-state index in [0.29, 0.717) is 22.9 Å². The van der Waals surface area contributed by atoms with E-state index in [0.717, 1.165) is 11.3 Å². The van der Waals surface area contributed by atoms with E-state index in [-0.39, 0.29) is 5.91 Å². The quantitative estimate of drug-likeness (QED) is 0.785. The molecule has 0 spiro atoms. The van der Waals surface area contributed by atoms with Crippen molar-refractivity contribution in [3.8, 4) is 11.6 Å². The Morgan fingerprint density at radius 3 is 2.21 bits per heavy atom. The zero-order valence-corrected chi connectivity index (χ0v) is 13.5. The largest absolute Gasteiger partial charge is 0.438 e. The van der Waals surface area contributed by atoms with E-state index < -0.39 is 0 Å². The van der Waals surface area contributed by atoms with E-state index in [9.17, 15) is 4.79 Å². The van der Waals surface area contributed by atoms with Crippen LogP contribution in [-0.2, 0) is 0 Å². The zero-order valence-electron chi connectivity index (χ0n) is 13.5. The number of hydrogen-bond donors (Lipinski definition) is 1. The van der Waals surface area contributed by atoms with Crippen LogP contribution in [0.3, 0.4) is 0 Å². The van der Waals surface area contributed by atoms with Gasteiger partial charge < -0.3 is 10.1 Å². The van der Waals surface area contributed by atoms with Gasteiger partial charge in [0, 0.05) is 17.3 Å². The third kappa shape index (κ3) is 3.95. The molecule has 5 nitrogen and oxygen atoms in total. The van der Waals surface area contributed by atoms with Crippen molar-refractivity contribution in [2.24, 2.45) is 0 Å². The summed E-state index contributed by atoms with van der Waals surface area (Å²) in [6.07, 6.45) is 0. The molecule has 0 fully saturated rings. The first-order chi connectivity index (χ1) is 11.6. The van der Waals surface area contributed by atoms with E-state index >= 15 is 0 Å². The Morgan fingerprint density at radius 2 is 1.58 bits per heavy atom. The fourth-order valence-corrected chi connectivity index (χ4v) is 2.08. The van der Waals surface area contributed by atoms with Crippen molar-refractivity contribution in [2.45, 2.75) is 13.8 Å². The molecule has 1 aromatic heterocycles. The highest BCUT2D eigenvalue weighted by molar-refractivity contribution is 6.04. The van der Waals surface area contributed by atoms with Crippen molar-refractivity contribution in [3.63, 3.8) is 0 Å². The summed E-state index contributed by atoms with van der Waals surface area (Å²) in [5.74, 6) is 0.909. The van der Waals surface area contributed by atoms with Gasteiger partial charge in [-0.1, -0.05) is 17.7 Å². The van der Waals surface area contributed by atoms with Gasteiger partial charge in [0.25, 0.3) is 5.91 Å². The molecule has 0 radical (unpaired) electrons. The number of carbonyl (C=O) groups excluding carboxylic acids is 1. The van der Waals surface area contributed by atoms with E-state index in [2.05, 4.69) is 15.5 Å². The lowest BCUT2D eigenvalue weighted by atomic mass is 10.1. The maximum absolute atomic E-state index is 12.2. The summed E-state index contributed by atoms with van der Waals surface area (Å²) in [4.78, 5) is 12.2. The highest BCUT2D eigenvalue weighted by Gasteiger charge is 2.06. The molecule has 2 aromatic carbocycles. The standard InChI is InChI=1S/C19H17N3O2/c1-13-3-6-15(7-4-13)19(23)20-16-8-10-17(11-9-16)24-18-12-5-14(2)21-22-18/h3-12H,1-2H3,(H,20,23). The minimum Gasteiger partial charge on any atom is -0.438 e. The van der Waals surface area contributed by atoms with Gasteiger partial charge in [-0.3, -0.25) is 4.79 Å². The molecule has 120 valence electrons. The number of anilines is 1. The Balaban J connectivity index is 1.64. The van der Waals surface area contributed by atoms with Crippen LogP contribution >= 0.6 is 0 Å². The van der Waals surface area contributed by atoms with Crippen LogP contribution in [0.2, 0.25) is 0 Å². The van der Waals surface area contributed by atoms with Crippen LogP contribution in [0.25, 0.3) is 0 Å². The van der Waals surface area contributed by atoms with Gasteiger partial charge in [-0.15, -0.1) is 5.10 Å². The lowest BCUT2D eigenvalue weighted by Gasteiger charge is -2.08. The Morgan fingerprint density at radius 1 is 0.875 bits per heavy atom. The van der Waals surface area contributed by atoms with Gasteiger partial charge in [-0.05, 0) is 56.3 Å². The average Bonchev–Trinajstić information content (AvgIpc) is 2.59. The molecule has 0 aliphatic carbocycles. The van der Waals surface area contributed by atoms with Crippen molar-refractivity contribution in [3.05, 3.63) is 77.5 Å². The lowest BCUT2D eigenvalue weighted by molar-refractivity contribution is 0.102. The monoisotopic (exact) mass is 319 g/mol. The van der Waals surface area contributed by atoms with Gasteiger partial charge in [-0.25, -0.2) is 0 Å². The second kappa shape index (κ2) is 6.91. The molecular weight excluding hydrogens is 302 g/mol.